The topological polar surface area (TPSA) is 81.3 Å². The monoisotopic (exact) mass is 336 g/mol. The van der Waals surface area contributed by atoms with Crippen molar-refractivity contribution in [2.75, 3.05) is 18.6 Å². The molecule has 7 heteroatoms. The minimum atomic E-state index is -0.135. The van der Waals surface area contributed by atoms with Gasteiger partial charge in [-0.25, -0.2) is 0 Å². The first-order valence-electron chi connectivity index (χ1n) is 7.94. The Morgan fingerprint density at radius 2 is 2.16 bits per heavy atom. The lowest BCUT2D eigenvalue weighted by Gasteiger charge is -2.16. The molecule has 1 unspecified atom stereocenters. The normalized spacial score (nSPS) is 17.1. The molecule has 0 saturated carbocycles. The second-order valence-corrected chi connectivity index (χ2v) is 5.78. The van der Waals surface area contributed by atoms with Crippen LogP contribution in [-0.4, -0.2) is 34.7 Å². The third-order valence-corrected chi connectivity index (χ3v) is 4.17. The molecule has 126 valence electrons. The Hall–Kier alpha value is -3.22. The molecule has 1 aromatic carbocycles. The zero-order valence-electron chi connectivity index (χ0n) is 13.6. The first kappa shape index (κ1) is 15.3. The molecule has 0 spiro atoms. The number of pyridine rings is 1. The van der Waals surface area contributed by atoms with Gasteiger partial charge >= 0.3 is 0 Å². The number of amides is 1. The van der Waals surface area contributed by atoms with Crippen LogP contribution >= 0.6 is 0 Å². The van der Waals surface area contributed by atoms with Crippen molar-refractivity contribution in [1.29, 1.82) is 0 Å². The van der Waals surface area contributed by atoms with Gasteiger partial charge in [0.05, 0.1) is 13.0 Å². The fourth-order valence-corrected chi connectivity index (χ4v) is 2.90. The van der Waals surface area contributed by atoms with Crippen LogP contribution in [0.3, 0.4) is 0 Å². The van der Waals surface area contributed by atoms with Crippen LogP contribution in [0.1, 0.15) is 18.2 Å². The molecular weight excluding hydrogens is 320 g/mol. The highest BCUT2D eigenvalue weighted by Gasteiger charge is 2.35. The summed E-state index contributed by atoms with van der Waals surface area (Å²) in [4.78, 5) is 22.8. The van der Waals surface area contributed by atoms with Crippen LogP contribution < -0.4 is 9.64 Å². The summed E-state index contributed by atoms with van der Waals surface area (Å²) in [6, 6.07) is 12.9. The lowest BCUT2D eigenvalue weighted by molar-refractivity contribution is -0.117. The van der Waals surface area contributed by atoms with Crippen LogP contribution in [0.4, 0.5) is 5.69 Å². The van der Waals surface area contributed by atoms with Crippen LogP contribution in [0.2, 0.25) is 0 Å². The van der Waals surface area contributed by atoms with E-state index in [-0.39, 0.29) is 11.8 Å². The number of hydrogen-bond acceptors (Lipinski definition) is 6. The predicted molar refractivity (Wildman–Crippen MR) is 90.2 cm³/mol. The van der Waals surface area contributed by atoms with E-state index in [2.05, 4.69) is 15.1 Å². The summed E-state index contributed by atoms with van der Waals surface area (Å²) in [5.74, 6) is 1.49. The molecule has 1 aliphatic heterocycles. The zero-order valence-corrected chi connectivity index (χ0v) is 13.6. The highest BCUT2D eigenvalue weighted by molar-refractivity contribution is 5.96. The Morgan fingerprint density at radius 3 is 2.96 bits per heavy atom. The molecule has 7 nitrogen and oxygen atoms in total. The molecule has 3 aromatic rings. The Morgan fingerprint density at radius 1 is 1.24 bits per heavy atom. The quantitative estimate of drug-likeness (QED) is 0.728. The molecule has 1 aliphatic rings. The second-order valence-electron chi connectivity index (χ2n) is 5.78. The van der Waals surface area contributed by atoms with Crippen molar-refractivity contribution >= 4 is 11.6 Å². The summed E-state index contributed by atoms with van der Waals surface area (Å²) in [7, 11) is 1.60. The molecule has 0 N–H and O–H groups in total. The first-order valence-corrected chi connectivity index (χ1v) is 7.94. The van der Waals surface area contributed by atoms with E-state index in [0.717, 1.165) is 5.69 Å². The first-order chi connectivity index (χ1) is 12.2. The maximum absolute atomic E-state index is 12.4. The van der Waals surface area contributed by atoms with Gasteiger partial charge in [0.1, 0.15) is 11.4 Å². The van der Waals surface area contributed by atoms with Gasteiger partial charge in [-0.05, 0) is 24.3 Å². The van der Waals surface area contributed by atoms with Crippen LogP contribution in [-0.2, 0) is 4.79 Å². The molecule has 2 aromatic heterocycles. The maximum atomic E-state index is 12.4. The Balaban J connectivity index is 1.55. The summed E-state index contributed by atoms with van der Waals surface area (Å²) in [6.45, 7) is 0.496. The van der Waals surface area contributed by atoms with E-state index >= 15 is 0 Å². The predicted octanol–water partition coefficient (Wildman–Crippen LogP) is 2.66. The number of carbonyl (C=O) groups is 1. The largest absolute Gasteiger partial charge is 0.497 e. The van der Waals surface area contributed by atoms with Gasteiger partial charge in [-0.15, -0.1) is 0 Å². The van der Waals surface area contributed by atoms with E-state index in [4.69, 9.17) is 9.26 Å². The van der Waals surface area contributed by atoms with Gasteiger partial charge in [0.2, 0.25) is 17.6 Å². The van der Waals surface area contributed by atoms with Gasteiger partial charge in [0.25, 0.3) is 0 Å². The fourth-order valence-electron chi connectivity index (χ4n) is 2.90. The number of aromatic nitrogens is 3. The Bertz CT molecular complexity index is 894. The van der Waals surface area contributed by atoms with Gasteiger partial charge in [0, 0.05) is 30.9 Å². The fraction of sp³-hybridized carbons (Fsp3) is 0.222. The van der Waals surface area contributed by atoms with Gasteiger partial charge in [0.15, 0.2) is 0 Å². The lowest BCUT2D eigenvalue weighted by atomic mass is 10.1. The van der Waals surface area contributed by atoms with E-state index in [0.29, 0.717) is 36.1 Å². The summed E-state index contributed by atoms with van der Waals surface area (Å²) in [5, 5.41) is 3.98. The van der Waals surface area contributed by atoms with Crippen molar-refractivity contribution in [1.82, 2.24) is 15.1 Å². The summed E-state index contributed by atoms with van der Waals surface area (Å²) < 4.78 is 10.6. The molecule has 0 aliphatic carbocycles. The van der Waals surface area contributed by atoms with E-state index in [1.807, 2.05) is 42.5 Å². The van der Waals surface area contributed by atoms with Crippen molar-refractivity contribution in [3.63, 3.8) is 0 Å². The van der Waals surface area contributed by atoms with Gasteiger partial charge in [-0.2, -0.15) is 4.98 Å². The molecule has 1 fully saturated rings. The third-order valence-electron chi connectivity index (χ3n) is 4.17. The zero-order chi connectivity index (χ0) is 17.2. The standard InChI is InChI=1S/C18H16N4O3/c1-24-14-6-4-5-13(10-14)22-11-12(9-16(22)23)18-20-17(21-25-18)15-7-2-3-8-19-15/h2-8,10,12H,9,11H2,1H3. The molecule has 1 atom stereocenters. The van der Waals surface area contributed by atoms with Gasteiger partial charge < -0.3 is 14.2 Å². The maximum Gasteiger partial charge on any atom is 0.232 e. The van der Waals surface area contributed by atoms with Crippen molar-refractivity contribution < 1.29 is 14.1 Å². The van der Waals surface area contributed by atoms with Crippen molar-refractivity contribution in [3.05, 3.63) is 54.6 Å². The van der Waals surface area contributed by atoms with Crippen molar-refractivity contribution in [3.8, 4) is 17.3 Å². The number of rotatable bonds is 4. The molecule has 4 rings (SSSR count). The number of hydrogen-bond donors (Lipinski definition) is 0. The molecule has 25 heavy (non-hydrogen) atoms. The van der Waals surface area contributed by atoms with E-state index < -0.39 is 0 Å². The molecule has 1 amide bonds. The van der Waals surface area contributed by atoms with Crippen LogP contribution in [0.15, 0.2) is 53.2 Å². The summed E-state index contributed by atoms with van der Waals surface area (Å²) in [5.41, 5.74) is 1.45. The third kappa shape index (κ3) is 2.96. The highest BCUT2D eigenvalue weighted by Crippen LogP contribution is 2.33. The number of carbonyl (C=O) groups excluding carboxylic acids is 1. The number of nitrogens with zero attached hydrogens (tertiary/aromatic N) is 4. The smallest absolute Gasteiger partial charge is 0.232 e. The Kier molecular flexibility index (Phi) is 3.89. The molecule has 0 radical (unpaired) electrons. The van der Waals surface area contributed by atoms with Crippen LogP contribution in [0, 0.1) is 0 Å². The van der Waals surface area contributed by atoms with Gasteiger partial charge in [-0.3, -0.25) is 9.78 Å². The summed E-state index contributed by atoms with van der Waals surface area (Å²) in [6.07, 6.45) is 2.01. The van der Waals surface area contributed by atoms with E-state index in [9.17, 15) is 4.79 Å². The van der Waals surface area contributed by atoms with E-state index in [1.54, 1.807) is 18.2 Å². The summed E-state index contributed by atoms with van der Waals surface area (Å²) >= 11 is 0. The molecule has 0 bridgehead atoms. The number of ether oxygens (including phenoxy) is 1. The molecular formula is C18H16N4O3. The van der Waals surface area contributed by atoms with Gasteiger partial charge in [-0.1, -0.05) is 17.3 Å². The Labute approximate surface area is 144 Å². The average Bonchev–Trinajstić information content (AvgIpc) is 3.29. The SMILES string of the molecule is COc1cccc(N2CC(c3nc(-c4ccccn4)no3)CC2=O)c1. The minimum Gasteiger partial charge on any atom is -0.497 e. The molecule has 3 heterocycles. The number of benzene rings is 1. The second kappa shape index (κ2) is 6.35. The molecule has 1 saturated heterocycles. The average molecular weight is 336 g/mol. The van der Waals surface area contributed by atoms with Crippen molar-refractivity contribution in [2.45, 2.75) is 12.3 Å². The van der Waals surface area contributed by atoms with Crippen LogP contribution in [0.5, 0.6) is 5.75 Å². The highest BCUT2D eigenvalue weighted by atomic mass is 16.5. The minimum absolute atomic E-state index is 0.0239. The van der Waals surface area contributed by atoms with Crippen LogP contribution in [0.25, 0.3) is 11.5 Å². The number of anilines is 1. The van der Waals surface area contributed by atoms with E-state index in [1.165, 1.54) is 0 Å². The number of methoxy groups -OCH3 is 1. The van der Waals surface area contributed by atoms with Crippen molar-refractivity contribution in [2.24, 2.45) is 0 Å². The lowest BCUT2D eigenvalue weighted by Crippen LogP contribution is -2.24.